The molecule has 1 aromatic heterocycles. The molecule has 6 nitrogen and oxygen atoms in total. The first kappa shape index (κ1) is 17.6. The minimum atomic E-state index is -0.986. The predicted molar refractivity (Wildman–Crippen MR) is 74.0 cm³/mol. The monoisotopic (exact) mass is 271 g/mol. The number of carboxylic acids is 1. The number of aromatic nitrogens is 2. The number of aliphatic carboxylic acids is 1. The van der Waals surface area contributed by atoms with Crippen molar-refractivity contribution in [3.8, 4) is 0 Å². The number of carboxylic acid groups (broad SMARTS) is 1. The van der Waals surface area contributed by atoms with Crippen LogP contribution in [0.4, 0.5) is 0 Å². The molecule has 0 aliphatic carbocycles. The van der Waals surface area contributed by atoms with Gasteiger partial charge in [-0.05, 0) is 13.3 Å². The van der Waals surface area contributed by atoms with Gasteiger partial charge in [-0.3, -0.25) is 0 Å². The van der Waals surface area contributed by atoms with Gasteiger partial charge >= 0.3 is 5.97 Å². The minimum absolute atomic E-state index is 0. The molecule has 0 unspecified atom stereocenters. The van der Waals surface area contributed by atoms with Crippen LogP contribution in [0, 0.1) is 0 Å². The third-order valence-electron chi connectivity index (χ3n) is 2.57. The molecule has 0 spiro atoms. The lowest BCUT2D eigenvalue weighted by Crippen LogP contribution is -2.33. The summed E-state index contributed by atoms with van der Waals surface area (Å²) >= 11 is 0. The Labute approximate surface area is 114 Å². The smallest absolute Gasteiger partial charge is 0.333 e. The van der Waals surface area contributed by atoms with Gasteiger partial charge < -0.3 is 20.1 Å². The number of nitrogens with two attached hydrogens (primary N) is 1. The highest BCUT2D eigenvalue weighted by Crippen LogP contribution is 2.07. The van der Waals surface area contributed by atoms with Crippen molar-refractivity contribution in [2.75, 3.05) is 6.54 Å². The maximum Gasteiger partial charge on any atom is 0.333 e. The van der Waals surface area contributed by atoms with Crippen molar-refractivity contribution in [3.63, 3.8) is 0 Å². The van der Waals surface area contributed by atoms with Crippen LogP contribution in [0.3, 0.4) is 0 Å². The van der Waals surface area contributed by atoms with E-state index >= 15 is 0 Å². The fourth-order valence-electron chi connectivity index (χ4n) is 1.61. The van der Waals surface area contributed by atoms with Gasteiger partial charge in [-0.15, -0.1) is 0 Å². The van der Waals surface area contributed by atoms with Gasteiger partial charge in [-0.1, -0.05) is 14.4 Å². The van der Waals surface area contributed by atoms with Crippen molar-refractivity contribution < 1.29 is 14.6 Å². The number of imidazole rings is 1. The highest BCUT2D eigenvalue weighted by atomic mass is 16.5. The highest BCUT2D eigenvalue weighted by molar-refractivity contribution is 5.72. The van der Waals surface area contributed by atoms with Gasteiger partial charge in [0.15, 0.2) is 6.10 Å². The molecule has 1 rings (SSSR count). The molecular formula is C13H25N3O3. The molecular weight excluding hydrogens is 246 g/mol. The molecule has 19 heavy (non-hydrogen) atoms. The van der Waals surface area contributed by atoms with E-state index < -0.39 is 12.1 Å². The minimum Gasteiger partial charge on any atom is -0.479 e. The van der Waals surface area contributed by atoms with Crippen LogP contribution in [0.2, 0.25) is 0 Å². The number of rotatable bonds is 8. The molecule has 0 aromatic carbocycles. The molecule has 1 heterocycles. The van der Waals surface area contributed by atoms with Crippen LogP contribution >= 0.6 is 0 Å². The summed E-state index contributed by atoms with van der Waals surface area (Å²) in [5.41, 5.74) is 6.14. The number of ether oxygens (including phenoxy) is 1. The summed E-state index contributed by atoms with van der Waals surface area (Å²) in [5, 5.41) is 9.09. The van der Waals surface area contributed by atoms with E-state index in [1.54, 1.807) is 13.3 Å². The van der Waals surface area contributed by atoms with E-state index in [0.717, 1.165) is 18.7 Å². The molecule has 3 N–H and O–H groups in total. The van der Waals surface area contributed by atoms with Gasteiger partial charge in [0, 0.05) is 25.7 Å². The Kier molecular flexibility index (Phi) is 8.02. The standard InChI is InChI=1S/C12H21N3O3.CH4/c1-3-4-15-7-10(14-8-15)5-11(12(16)17)18-9(2)6-13;/h7-9,11H,3-6,13H2,1-2H3,(H,16,17);1H4/t9-,11+;/m1./s1. The summed E-state index contributed by atoms with van der Waals surface area (Å²) in [6.45, 7) is 5.01. The third-order valence-corrected chi connectivity index (χ3v) is 2.57. The number of aryl methyl sites for hydroxylation is 1. The zero-order chi connectivity index (χ0) is 13.5. The van der Waals surface area contributed by atoms with Crippen molar-refractivity contribution >= 4 is 5.97 Å². The summed E-state index contributed by atoms with van der Waals surface area (Å²) in [6, 6.07) is 0. The maximum absolute atomic E-state index is 11.1. The first-order chi connectivity index (χ1) is 8.56. The zero-order valence-corrected chi connectivity index (χ0v) is 10.9. The van der Waals surface area contributed by atoms with Crippen LogP contribution in [0.25, 0.3) is 0 Å². The van der Waals surface area contributed by atoms with Crippen LogP contribution in [-0.2, 0) is 22.5 Å². The van der Waals surface area contributed by atoms with Crippen LogP contribution in [0.1, 0.15) is 33.4 Å². The summed E-state index contributed by atoms with van der Waals surface area (Å²) in [7, 11) is 0. The molecule has 2 atom stereocenters. The quantitative estimate of drug-likeness (QED) is 0.743. The van der Waals surface area contributed by atoms with Gasteiger partial charge in [0.1, 0.15) is 0 Å². The molecule has 0 bridgehead atoms. The van der Waals surface area contributed by atoms with Crippen molar-refractivity contribution in [3.05, 3.63) is 18.2 Å². The molecule has 0 saturated heterocycles. The number of hydrogen-bond donors (Lipinski definition) is 2. The Balaban J connectivity index is 0.00000324. The van der Waals surface area contributed by atoms with Gasteiger partial charge in [0.2, 0.25) is 0 Å². The van der Waals surface area contributed by atoms with Gasteiger partial charge in [0.25, 0.3) is 0 Å². The second-order valence-corrected chi connectivity index (χ2v) is 4.32. The molecule has 1 aromatic rings. The van der Waals surface area contributed by atoms with E-state index in [4.69, 9.17) is 15.6 Å². The predicted octanol–water partition coefficient (Wildman–Crippen LogP) is 1.29. The van der Waals surface area contributed by atoms with Gasteiger partial charge in [0.05, 0.1) is 18.1 Å². The lowest BCUT2D eigenvalue weighted by atomic mass is 10.2. The van der Waals surface area contributed by atoms with Crippen molar-refractivity contribution in [2.45, 2.75) is 52.9 Å². The van der Waals surface area contributed by atoms with E-state index in [9.17, 15) is 4.79 Å². The van der Waals surface area contributed by atoms with Crippen molar-refractivity contribution in [2.24, 2.45) is 5.73 Å². The Morgan fingerprint density at radius 2 is 2.32 bits per heavy atom. The number of carbonyl (C=O) groups is 1. The Morgan fingerprint density at radius 1 is 1.63 bits per heavy atom. The van der Waals surface area contributed by atoms with E-state index in [1.165, 1.54) is 0 Å². The lowest BCUT2D eigenvalue weighted by Gasteiger charge is -2.17. The van der Waals surface area contributed by atoms with E-state index in [0.29, 0.717) is 6.54 Å². The molecule has 6 heteroatoms. The average molecular weight is 271 g/mol. The zero-order valence-electron chi connectivity index (χ0n) is 10.9. The molecule has 0 saturated carbocycles. The van der Waals surface area contributed by atoms with Crippen LogP contribution in [-0.4, -0.2) is 39.4 Å². The summed E-state index contributed by atoms with van der Waals surface area (Å²) < 4.78 is 7.31. The fraction of sp³-hybridized carbons (Fsp3) is 0.692. The molecule has 0 radical (unpaired) electrons. The second kappa shape index (κ2) is 8.66. The van der Waals surface area contributed by atoms with Crippen LogP contribution in [0.5, 0.6) is 0 Å². The molecule has 110 valence electrons. The Bertz CT molecular complexity index is 379. The Morgan fingerprint density at radius 3 is 2.84 bits per heavy atom. The largest absolute Gasteiger partial charge is 0.479 e. The lowest BCUT2D eigenvalue weighted by molar-refractivity contribution is -0.153. The SMILES string of the molecule is C.CCCn1cnc(C[C@H](O[C@H](C)CN)C(=O)O)c1. The topological polar surface area (TPSA) is 90.4 Å². The number of nitrogens with zero attached hydrogens (tertiary/aromatic N) is 2. The summed E-state index contributed by atoms with van der Waals surface area (Å²) in [6.07, 6.45) is 3.67. The average Bonchev–Trinajstić information content (AvgIpc) is 2.76. The van der Waals surface area contributed by atoms with E-state index in [-0.39, 0.29) is 20.0 Å². The van der Waals surface area contributed by atoms with Crippen molar-refractivity contribution in [1.82, 2.24) is 9.55 Å². The summed E-state index contributed by atoms with van der Waals surface area (Å²) in [4.78, 5) is 15.3. The molecule has 0 amide bonds. The fourth-order valence-corrected chi connectivity index (χ4v) is 1.61. The van der Waals surface area contributed by atoms with E-state index in [2.05, 4.69) is 11.9 Å². The van der Waals surface area contributed by atoms with Crippen LogP contribution in [0.15, 0.2) is 12.5 Å². The first-order valence-electron chi connectivity index (χ1n) is 6.15. The normalized spacial score (nSPS) is 13.6. The molecule has 0 aliphatic rings. The van der Waals surface area contributed by atoms with Crippen molar-refractivity contribution in [1.29, 1.82) is 0 Å². The molecule has 0 fully saturated rings. The Hall–Kier alpha value is -1.40. The van der Waals surface area contributed by atoms with Gasteiger partial charge in [-0.25, -0.2) is 9.78 Å². The maximum atomic E-state index is 11.1. The third kappa shape index (κ3) is 5.85. The second-order valence-electron chi connectivity index (χ2n) is 4.32. The van der Waals surface area contributed by atoms with Crippen LogP contribution < -0.4 is 5.73 Å². The first-order valence-corrected chi connectivity index (χ1v) is 6.15. The van der Waals surface area contributed by atoms with E-state index in [1.807, 2.05) is 10.8 Å². The number of hydrogen-bond acceptors (Lipinski definition) is 4. The van der Waals surface area contributed by atoms with Gasteiger partial charge in [-0.2, -0.15) is 0 Å². The highest BCUT2D eigenvalue weighted by Gasteiger charge is 2.22. The summed E-state index contributed by atoms with van der Waals surface area (Å²) in [5.74, 6) is -0.986. The molecule has 0 aliphatic heterocycles.